The van der Waals surface area contributed by atoms with Crippen molar-refractivity contribution in [3.8, 4) is 0 Å². The van der Waals surface area contributed by atoms with E-state index in [2.05, 4.69) is 11.9 Å². The summed E-state index contributed by atoms with van der Waals surface area (Å²) < 4.78 is 0. The molecule has 86 valence electrons. The van der Waals surface area contributed by atoms with Gasteiger partial charge in [-0.05, 0) is 30.7 Å². The predicted octanol–water partition coefficient (Wildman–Crippen LogP) is 0.599. The monoisotopic (exact) mass is 218 g/mol. The van der Waals surface area contributed by atoms with Gasteiger partial charge in [0, 0.05) is 17.1 Å². The first kappa shape index (κ1) is 12.3. The summed E-state index contributed by atoms with van der Waals surface area (Å²) >= 11 is 0. The average Bonchev–Trinajstić information content (AvgIpc) is 2.24. The molecule has 0 unspecified atom stereocenters. The molecule has 0 fully saturated rings. The summed E-state index contributed by atoms with van der Waals surface area (Å²) in [5.41, 5.74) is 6.24. The van der Waals surface area contributed by atoms with E-state index in [4.69, 9.17) is 5.73 Å². The molecule has 1 heterocycles. The molecule has 0 bridgehead atoms. The van der Waals surface area contributed by atoms with Gasteiger partial charge in [-0.15, -0.1) is 0 Å². The smallest absolute Gasteiger partial charge is 0.248 e. The Balaban J connectivity index is 3.34. The minimum atomic E-state index is -0.0760. The van der Waals surface area contributed by atoms with Crippen molar-refractivity contribution in [2.75, 3.05) is 0 Å². The zero-order valence-corrected chi connectivity index (χ0v) is 9.79. The Morgan fingerprint density at radius 1 is 1.50 bits per heavy atom. The maximum atomic E-state index is 11.2. The van der Waals surface area contributed by atoms with Gasteiger partial charge in [0.25, 0.3) is 0 Å². The number of aromatic nitrogens is 1. The van der Waals surface area contributed by atoms with E-state index in [1.54, 1.807) is 6.07 Å². The van der Waals surface area contributed by atoms with E-state index in [9.17, 15) is 4.79 Å². The third-order valence-corrected chi connectivity index (χ3v) is 2.15. The van der Waals surface area contributed by atoms with E-state index in [-0.39, 0.29) is 5.56 Å². The number of H-pyrrole nitrogens is 1. The Bertz CT molecular complexity index is 534. The zero-order valence-electron chi connectivity index (χ0n) is 9.79. The quantitative estimate of drug-likeness (QED) is 0.780. The Morgan fingerprint density at radius 2 is 2.25 bits per heavy atom. The lowest BCUT2D eigenvalue weighted by atomic mass is 10.2. The second kappa shape index (κ2) is 5.95. The van der Waals surface area contributed by atoms with Crippen molar-refractivity contribution in [1.29, 1.82) is 0 Å². The summed E-state index contributed by atoms with van der Waals surface area (Å²) in [4.78, 5) is 14.0. The molecule has 16 heavy (non-hydrogen) atoms. The number of pyridine rings is 1. The van der Waals surface area contributed by atoms with Gasteiger partial charge in [-0.2, -0.15) is 0 Å². The molecule has 0 atom stereocenters. The third kappa shape index (κ3) is 3.77. The summed E-state index contributed by atoms with van der Waals surface area (Å²) in [5, 5.41) is 1.85. The fraction of sp³-hybridized carbons (Fsp3) is 0.308. The molecule has 0 saturated heterocycles. The fourth-order valence-electron chi connectivity index (χ4n) is 1.33. The predicted molar refractivity (Wildman–Crippen MR) is 68.1 cm³/mol. The minimum Gasteiger partial charge on any atom is -0.402 e. The van der Waals surface area contributed by atoms with Crippen LogP contribution in [0.5, 0.6) is 0 Å². The van der Waals surface area contributed by atoms with Crippen molar-refractivity contribution in [2.24, 2.45) is 5.73 Å². The summed E-state index contributed by atoms with van der Waals surface area (Å²) in [7, 11) is 0. The molecule has 0 aliphatic carbocycles. The third-order valence-electron chi connectivity index (χ3n) is 2.15. The molecule has 0 amide bonds. The number of nitrogens with two attached hydrogens (primary N) is 1. The van der Waals surface area contributed by atoms with Crippen LogP contribution < -0.4 is 21.9 Å². The Kier molecular flexibility index (Phi) is 4.58. The van der Waals surface area contributed by atoms with Gasteiger partial charge >= 0.3 is 0 Å². The van der Waals surface area contributed by atoms with Crippen molar-refractivity contribution >= 4 is 12.2 Å². The van der Waals surface area contributed by atoms with Gasteiger partial charge in [-0.1, -0.05) is 25.5 Å². The number of hydrogen-bond donors (Lipinski definition) is 2. The molecule has 0 aromatic carbocycles. The van der Waals surface area contributed by atoms with Gasteiger partial charge in [-0.25, -0.2) is 0 Å². The second-order valence-corrected chi connectivity index (χ2v) is 3.76. The molecule has 1 rings (SSSR count). The standard InChI is InChI=1S/C13H18N2O/c1-3-4-5-12-11(7-6-10(2)14)8-9-13(16)15-12/h5-9H,3-4,14H2,1-2H3,(H,15,16)/b10-6+,11-7-,12-5-. The van der Waals surface area contributed by atoms with Crippen LogP contribution in [-0.4, -0.2) is 4.98 Å². The maximum Gasteiger partial charge on any atom is 0.248 e. The number of nitrogens with one attached hydrogen (secondary N) is 1. The highest BCUT2D eigenvalue weighted by molar-refractivity contribution is 5.39. The van der Waals surface area contributed by atoms with Gasteiger partial charge in [-0.3, -0.25) is 4.79 Å². The highest BCUT2D eigenvalue weighted by atomic mass is 16.1. The van der Waals surface area contributed by atoms with Crippen LogP contribution in [0.25, 0.3) is 12.2 Å². The lowest BCUT2D eigenvalue weighted by molar-refractivity contribution is 0.982. The highest BCUT2D eigenvalue weighted by Crippen LogP contribution is 1.84. The lowest BCUT2D eigenvalue weighted by Crippen LogP contribution is -2.33. The number of aromatic amines is 1. The summed E-state index contributed by atoms with van der Waals surface area (Å²) in [6, 6.07) is 3.33. The van der Waals surface area contributed by atoms with Gasteiger partial charge in [0.05, 0.1) is 0 Å². The van der Waals surface area contributed by atoms with Crippen LogP contribution in [-0.2, 0) is 0 Å². The van der Waals surface area contributed by atoms with Crippen molar-refractivity contribution in [3.63, 3.8) is 0 Å². The summed E-state index contributed by atoms with van der Waals surface area (Å²) in [5.74, 6) is 0. The van der Waals surface area contributed by atoms with Gasteiger partial charge < -0.3 is 10.7 Å². The van der Waals surface area contributed by atoms with Gasteiger partial charge in [0.2, 0.25) is 5.56 Å². The lowest BCUT2D eigenvalue weighted by Gasteiger charge is -1.91. The van der Waals surface area contributed by atoms with Crippen LogP contribution in [0.3, 0.4) is 0 Å². The van der Waals surface area contributed by atoms with E-state index in [0.717, 1.165) is 29.1 Å². The Morgan fingerprint density at radius 3 is 2.88 bits per heavy atom. The number of hydrogen-bond acceptors (Lipinski definition) is 2. The van der Waals surface area contributed by atoms with Crippen molar-refractivity contribution < 1.29 is 0 Å². The Hall–Kier alpha value is -1.77. The topological polar surface area (TPSA) is 58.9 Å². The molecule has 0 saturated carbocycles. The first-order valence-corrected chi connectivity index (χ1v) is 5.47. The summed E-state index contributed by atoms with van der Waals surface area (Å²) in [6.07, 6.45) is 7.78. The van der Waals surface area contributed by atoms with E-state index >= 15 is 0 Å². The van der Waals surface area contributed by atoms with Gasteiger partial charge in [0.1, 0.15) is 0 Å². The molecular formula is C13H18N2O. The van der Waals surface area contributed by atoms with Crippen LogP contribution in [0.1, 0.15) is 26.7 Å². The summed E-state index contributed by atoms with van der Waals surface area (Å²) in [6.45, 7) is 3.93. The van der Waals surface area contributed by atoms with E-state index in [1.807, 2.05) is 25.2 Å². The van der Waals surface area contributed by atoms with Crippen molar-refractivity contribution in [3.05, 3.63) is 44.8 Å². The highest BCUT2D eigenvalue weighted by Gasteiger charge is 1.87. The molecular weight excluding hydrogens is 200 g/mol. The molecule has 1 aromatic rings. The normalized spacial score (nSPS) is 14.5. The molecule has 0 spiro atoms. The first-order chi connectivity index (χ1) is 7.63. The van der Waals surface area contributed by atoms with Crippen molar-refractivity contribution in [1.82, 2.24) is 4.98 Å². The maximum absolute atomic E-state index is 11.2. The van der Waals surface area contributed by atoms with Crippen LogP contribution >= 0.6 is 0 Å². The SMILES string of the molecule is CCC\C=c1/[nH]c(=O)cc/c1=C/C=C(\C)N. The van der Waals surface area contributed by atoms with E-state index in [1.165, 1.54) is 6.07 Å². The van der Waals surface area contributed by atoms with Crippen LogP contribution in [0.15, 0.2) is 28.7 Å². The number of rotatable bonds is 3. The first-order valence-electron chi connectivity index (χ1n) is 5.47. The van der Waals surface area contributed by atoms with Gasteiger partial charge in [0.15, 0.2) is 0 Å². The molecule has 3 heteroatoms. The Labute approximate surface area is 95.0 Å². The largest absolute Gasteiger partial charge is 0.402 e. The molecule has 0 aliphatic rings. The zero-order chi connectivity index (χ0) is 12.0. The van der Waals surface area contributed by atoms with Crippen LogP contribution in [0, 0.1) is 0 Å². The molecule has 1 aromatic heterocycles. The van der Waals surface area contributed by atoms with E-state index in [0.29, 0.717) is 0 Å². The second-order valence-electron chi connectivity index (χ2n) is 3.76. The molecule has 3 N–H and O–H groups in total. The number of unbranched alkanes of at least 4 members (excludes halogenated alkanes) is 1. The van der Waals surface area contributed by atoms with E-state index < -0.39 is 0 Å². The fourth-order valence-corrected chi connectivity index (χ4v) is 1.33. The molecule has 0 radical (unpaired) electrons. The van der Waals surface area contributed by atoms with Crippen molar-refractivity contribution in [2.45, 2.75) is 26.7 Å². The minimum absolute atomic E-state index is 0.0760. The molecule has 0 aliphatic heterocycles. The average molecular weight is 218 g/mol. The number of allylic oxidation sites excluding steroid dienone is 2. The van der Waals surface area contributed by atoms with Crippen LogP contribution in [0.4, 0.5) is 0 Å². The van der Waals surface area contributed by atoms with Crippen LogP contribution in [0.2, 0.25) is 0 Å². The molecule has 3 nitrogen and oxygen atoms in total.